The van der Waals surface area contributed by atoms with Gasteiger partial charge in [0, 0.05) is 5.75 Å². The molecule has 4 heteroatoms. The maximum Gasteiger partial charge on any atom is 0.232 e. The van der Waals surface area contributed by atoms with Crippen molar-refractivity contribution in [3.8, 4) is 5.75 Å². The maximum atomic E-state index is 12.2. The molecule has 26 heavy (non-hydrogen) atoms. The number of hydrogen-bond donors (Lipinski definition) is 1. The number of rotatable bonds is 8. The van der Waals surface area contributed by atoms with Crippen LogP contribution in [-0.2, 0) is 10.5 Å². The van der Waals surface area contributed by atoms with E-state index in [-0.39, 0.29) is 11.2 Å². The Balaban J connectivity index is 1.38. The molecule has 3 rings (SSSR count). The third-order valence-electron chi connectivity index (χ3n) is 4.10. The molecule has 0 aliphatic heterocycles. The zero-order valence-corrected chi connectivity index (χ0v) is 15.7. The molecule has 134 valence electrons. The molecule has 3 aromatic carbocycles. The van der Waals surface area contributed by atoms with Gasteiger partial charge < -0.3 is 10.1 Å². The normalized spacial score (nSPS) is 11.9. The summed E-state index contributed by atoms with van der Waals surface area (Å²) in [6.45, 7) is 2.90. The van der Waals surface area contributed by atoms with Crippen LogP contribution in [0.1, 0.15) is 12.5 Å². The van der Waals surface area contributed by atoms with E-state index in [4.69, 9.17) is 4.74 Å². The minimum Gasteiger partial charge on any atom is -0.492 e. The van der Waals surface area contributed by atoms with Crippen molar-refractivity contribution in [1.82, 2.24) is 5.32 Å². The van der Waals surface area contributed by atoms with Gasteiger partial charge in [0.15, 0.2) is 0 Å². The first kappa shape index (κ1) is 18.3. The lowest BCUT2D eigenvalue weighted by Crippen LogP contribution is -2.34. The molecule has 0 saturated carbocycles. The Labute approximate surface area is 158 Å². The first-order chi connectivity index (χ1) is 12.7. The molecular formula is C22H23NO2S. The molecule has 3 aromatic rings. The van der Waals surface area contributed by atoms with Gasteiger partial charge >= 0.3 is 0 Å². The Kier molecular flexibility index (Phi) is 6.56. The zero-order valence-electron chi connectivity index (χ0n) is 14.9. The molecule has 0 radical (unpaired) electrons. The first-order valence-electron chi connectivity index (χ1n) is 8.77. The minimum absolute atomic E-state index is 0.0491. The van der Waals surface area contributed by atoms with E-state index in [1.54, 1.807) is 11.8 Å². The fraction of sp³-hybridized carbons (Fsp3) is 0.227. The number of carbonyl (C=O) groups excluding carboxylic acids is 1. The van der Waals surface area contributed by atoms with E-state index in [9.17, 15) is 4.79 Å². The zero-order chi connectivity index (χ0) is 18.2. The highest BCUT2D eigenvalue weighted by Crippen LogP contribution is 2.20. The molecule has 0 aliphatic carbocycles. The van der Waals surface area contributed by atoms with E-state index in [0.29, 0.717) is 13.2 Å². The molecule has 0 aliphatic rings. The minimum atomic E-state index is -0.0872. The number of hydrogen-bond acceptors (Lipinski definition) is 3. The van der Waals surface area contributed by atoms with Crippen molar-refractivity contribution < 1.29 is 9.53 Å². The molecule has 0 aromatic heterocycles. The second-order valence-corrected chi connectivity index (χ2v) is 7.42. The van der Waals surface area contributed by atoms with Crippen LogP contribution in [0.25, 0.3) is 10.8 Å². The van der Waals surface area contributed by atoms with Gasteiger partial charge in [-0.15, -0.1) is 11.8 Å². The molecule has 0 bridgehead atoms. The second kappa shape index (κ2) is 9.30. The van der Waals surface area contributed by atoms with E-state index in [2.05, 4.69) is 29.6 Å². The highest BCUT2D eigenvalue weighted by molar-refractivity contribution is 7.99. The summed E-state index contributed by atoms with van der Waals surface area (Å²) in [6, 6.07) is 24.4. The highest BCUT2D eigenvalue weighted by Gasteiger charge is 2.12. The summed E-state index contributed by atoms with van der Waals surface area (Å²) >= 11 is 1.64. The van der Waals surface area contributed by atoms with Crippen LogP contribution in [0.5, 0.6) is 5.75 Å². The van der Waals surface area contributed by atoms with E-state index in [1.165, 1.54) is 10.9 Å². The van der Waals surface area contributed by atoms with Crippen LogP contribution in [0, 0.1) is 0 Å². The molecule has 0 unspecified atom stereocenters. The lowest BCUT2D eigenvalue weighted by Gasteiger charge is -2.13. The van der Waals surface area contributed by atoms with E-state index >= 15 is 0 Å². The van der Waals surface area contributed by atoms with Crippen LogP contribution in [0.4, 0.5) is 0 Å². The average molecular weight is 365 g/mol. The third-order valence-corrected chi connectivity index (χ3v) is 5.32. The van der Waals surface area contributed by atoms with Crippen molar-refractivity contribution >= 4 is 28.4 Å². The summed E-state index contributed by atoms with van der Waals surface area (Å²) in [7, 11) is 0. The fourth-order valence-corrected chi connectivity index (χ4v) is 3.48. The van der Waals surface area contributed by atoms with Gasteiger partial charge in [-0.1, -0.05) is 60.7 Å². The molecule has 0 spiro atoms. The Morgan fingerprint density at radius 3 is 2.54 bits per heavy atom. The molecule has 0 fully saturated rings. The summed E-state index contributed by atoms with van der Waals surface area (Å²) in [5.74, 6) is 1.71. The van der Waals surface area contributed by atoms with Crippen molar-refractivity contribution in [1.29, 1.82) is 0 Å². The molecule has 0 heterocycles. The van der Waals surface area contributed by atoms with Crippen molar-refractivity contribution in [2.75, 3.05) is 13.2 Å². The summed E-state index contributed by atoms with van der Waals surface area (Å²) in [5.41, 5.74) is 1.23. The molecule has 0 saturated heterocycles. The van der Waals surface area contributed by atoms with Gasteiger partial charge in [-0.2, -0.15) is 0 Å². The molecular weight excluding hydrogens is 342 g/mol. The van der Waals surface area contributed by atoms with Crippen molar-refractivity contribution in [3.05, 3.63) is 78.4 Å². The average Bonchev–Trinajstić information content (AvgIpc) is 2.70. The molecule has 3 nitrogen and oxygen atoms in total. The lowest BCUT2D eigenvalue weighted by molar-refractivity contribution is -0.120. The van der Waals surface area contributed by atoms with Gasteiger partial charge in [0.05, 0.1) is 11.8 Å². The number of carbonyl (C=O) groups is 1. The van der Waals surface area contributed by atoms with Crippen LogP contribution < -0.4 is 10.1 Å². The Bertz CT molecular complexity index is 851. The third kappa shape index (κ3) is 5.27. The highest BCUT2D eigenvalue weighted by atomic mass is 32.2. The van der Waals surface area contributed by atoms with Crippen molar-refractivity contribution in [3.63, 3.8) is 0 Å². The first-order valence-corrected chi connectivity index (χ1v) is 9.82. The van der Waals surface area contributed by atoms with Crippen molar-refractivity contribution in [2.24, 2.45) is 0 Å². The standard InChI is InChI=1S/C22H23NO2S/c1-17(26-16-18-7-3-2-4-8-18)22(24)23-13-14-25-21-12-11-19-9-5-6-10-20(19)15-21/h2-12,15,17H,13-14,16H2,1H3,(H,23,24)/t17-/m1/s1. The van der Waals surface area contributed by atoms with Crippen LogP contribution in [0.3, 0.4) is 0 Å². The predicted octanol–water partition coefficient (Wildman–Crippen LogP) is 4.66. The smallest absolute Gasteiger partial charge is 0.232 e. The Morgan fingerprint density at radius 2 is 1.73 bits per heavy atom. The summed E-state index contributed by atoms with van der Waals surface area (Å²) in [4.78, 5) is 12.2. The molecule has 1 atom stereocenters. The Morgan fingerprint density at radius 1 is 1.00 bits per heavy atom. The summed E-state index contributed by atoms with van der Waals surface area (Å²) in [6.07, 6.45) is 0. The maximum absolute atomic E-state index is 12.2. The number of benzene rings is 3. The summed E-state index contributed by atoms with van der Waals surface area (Å²) in [5, 5.41) is 5.20. The van der Waals surface area contributed by atoms with Crippen LogP contribution in [0.15, 0.2) is 72.8 Å². The van der Waals surface area contributed by atoms with Crippen molar-refractivity contribution in [2.45, 2.75) is 17.9 Å². The monoisotopic (exact) mass is 365 g/mol. The summed E-state index contributed by atoms with van der Waals surface area (Å²) < 4.78 is 5.75. The van der Waals surface area contributed by atoms with Gasteiger partial charge in [-0.3, -0.25) is 4.79 Å². The molecule has 1 amide bonds. The number of nitrogens with one attached hydrogen (secondary N) is 1. The second-order valence-electron chi connectivity index (χ2n) is 6.09. The SMILES string of the molecule is C[C@@H](SCc1ccccc1)C(=O)NCCOc1ccc2ccccc2c1. The Hall–Kier alpha value is -2.46. The fourth-order valence-electron chi connectivity index (χ4n) is 2.62. The van der Waals surface area contributed by atoms with Gasteiger partial charge in [-0.05, 0) is 35.4 Å². The number of fused-ring (bicyclic) bond motifs is 1. The van der Waals surface area contributed by atoms with Crippen LogP contribution in [0.2, 0.25) is 0 Å². The van der Waals surface area contributed by atoms with Gasteiger partial charge in [-0.25, -0.2) is 0 Å². The van der Waals surface area contributed by atoms with E-state index < -0.39 is 0 Å². The van der Waals surface area contributed by atoms with Gasteiger partial charge in [0.25, 0.3) is 0 Å². The quantitative estimate of drug-likeness (QED) is 0.590. The number of thioether (sulfide) groups is 1. The van der Waals surface area contributed by atoms with Gasteiger partial charge in [0.2, 0.25) is 5.91 Å². The topological polar surface area (TPSA) is 38.3 Å². The largest absolute Gasteiger partial charge is 0.492 e. The van der Waals surface area contributed by atoms with E-state index in [1.807, 2.05) is 55.5 Å². The van der Waals surface area contributed by atoms with Crippen LogP contribution in [-0.4, -0.2) is 24.3 Å². The van der Waals surface area contributed by atoms with E-state index in [0.717, 1.165) is 16.9 Å². The predicted molar refractivity (Wildman–Crippen MR) is 110 cm³/mol. The van der Waals surface area contributed by atoms with Crippen LogP contribution >= 0.6 is 11.8 Å². The molecule has 1 N–H and O–H groups in total. The lowest BCUT2D eigenvalue weighted by atomic mass is 10.1. The number of amides is 1. The van der Waals surface area contributed by atoms with Gasteiger partial charge in [0.1, 0.15) is 12.4 Å². The number of ether oxygens (including phenoxy) is 1.